The summed E-state index contributed by atoms with van der Waals surface area (Å²) in [4.78, 5) is 3.93. The van der Waals surface area contributed by atoms with Crippen LogP contribution in [0.2, 0.25) is 0 Å². The fourth-order valence-electron chi connectivity index (χ4n) is 1.37. The summed E-state index contributed by atoms with van der Waals surface area (Å²) in [6.07, 6.45) is 5.34. The second kappa shape index (κ2) is 7.54. The van der Waals surface area contributed by atoms with Crippen LogP contribution in [0, 0.1) is 0 Å². The molecule has 2 heterocycles. The average molecular weight is 243 g/mol. The molecule has 2 aromatic rings. The van der Waals surface area contributed by atoms with E-state index in [4.69, 9.17) is 0 Å². The number of aromatic nitrogens is 3. The molecule has 0 aliphatic rings. The van der Waals surface area contributed by atoms with Gasteiger partial charge in [0.25, 0.3) is 0 Å². The first-order chi connectivity index (χ1) is 8.61. The topological polar surface area (TPSA) is 38.7 Å². The van der Waals surface area contributed by atoms with Crippen LogP contribution in [0.4, 0.5) is 0 Å². The van der Waals surface area contributed by atoms with Gasteiger partial charge in [0.2, 0.25) is 0 Å². The van der Waals surface area contributed by atoms with Crippen molar-refractivity contribution in [3.63, 3.8) is 0 Å². The minimum atomic E-state index is 0.485. The van der Waals surface area contributed by atoms with Crippen LogP contribution in [0.15, 0.2) is 42.9 Å². The Hall–Kier alpha value is -1.77. The fraction of sp³-hybridized carbons (Fsp3) is 0.400. The van der Waals surface area contributed by atoms with E-state index in [1.807, 2.05) is 36.7 Å². The molecule has 0 spiro atoms. The summed E-state index contributed by atoms with van der Waals surface area (Å²) in [5.74, 6) is 1.10. The van der Waals surface area contributed by atoms with Crippen molar-refractivity contribution in [1.82, 2.24) is 15.2 Å². The lowest BCUT2D eigenvalue weighted by Gasteiger charge is -2.01. The average Bonchev–Trinajstić information content (AvgIpc) is 2.41. The predicted molar refractivity (Wildman–Crippen MR) is 74.4 cm³/mol. The Kier molecular flexibility index (Phi) is 5.98. The highest BCUT2D eigenvalue weighted by Crippen LogP contribution is 2.10. The Morgan fingerprint density at radius 2 is 1.50 bits per heavy atom. The van der Waals surface area contributed by atoms with Crippen LogP contribution < -0.4 is 0 Å². The molecular formula is C15H21N3. The van der Waals surface area contributed by atoms with E-state index in [0.29, 0.717) is 11.8 Å². The molecular weight excluding hydrogens is 222 g/mol. The molecule has 0 N–H and O–H groups in total. The van der Waals surface area contributed by atoms with Crippen molar-refractivity contribution >= 4 is 0 Å². The lowest BCUT2D eigenvalue weighted by atomic mass is 10.1. The van der Waals surface area contributed by atoms with Crippen molar-refractivity contribution in [3.05, 3.63) is 54.1 Å². The monoisotopic (exact) mass is 243 g/mol. The van der Waals surface area contributed by atoms with Gasteiger partial charge in [-0.15, -0.1) is 0 Å². The van der Waals surface area contributed by atoms with Gasteiger partial charge in [0.15, 0.2) is 0 Å². The molecule has 0 radical (unpaired) electrons. The van der Waals surface area contributed by atoms with Gasteiger partial charge in [0, 0.05) is 18.6 Å². The number of rotatable bonds is 2. The van der Waals surface area contributed by atoms with E-state index in [-0.39, 0.29) is 0 Å². The molecule has 0 aliphatic heterocycles. The summed E-state index contributed by atoms with van der Waals surface area (Å²) < 4.78 is 0. The third-order valence-electron chi connectivity index (χ3n) is 2.56. The van der Waals surface area contributed by atoms with Crippen LogP contribution >= 0.6 is 0 Å². The van der Waals surface area contributed by atoms with Gasteiger partial charge in [-0.3, -0.25) is 4.98 Å². The van der Waals surface area contributed by atoms with Crippen molar-refractivity contribution in [3.8, 4) is 0 Å². The van der Waals surface area contributed by atoms with Crippen LogP contribution in [-0.2, 0) is 0 Å². The van der Waals surface area contributed by atoms with E-state index < -0.39 is 0 Å². The molecule has 0 aromatic carbocycles. The third-order valence-corrected chi connectivity index (χ3v) is 2.56. The van der Waals surface area contributed by atoms with Crippen molar-refractivity contribution < 1.29 is 0 Å². The SMILES string of the molecule is CC(C)c1cccnn1.CC(C)c1ccncc1. The third kappa shape index (κ3) is 5.04. The quantitative estimate of drug-likeness (QED) is 0.805. The Morgan fingerprint density at radius 3 is 1.83 bits per heavy atom. The summed E-state index contributed by atoms with van der Waals surface area (Å²) in [5.41, 5.74) is 2.41. The minimum Gasteiger partial charge on any atom is -0.265 e. The molecule has 0 saturated carbocycles. The number of hydrogen-bond donors (Lipinski definition) is 0. The summed E-state index contributed by atoms with van der Waals surface area (Å²) in [6, 6.07) is 7.98. The Labute approximate surface area is 109 Å². The second-order valence-corrected chi connectivity index (χ2v) is 4.74. The van der Waals surface area contributed by atoms with Gasteiger partial charge in [-0.1, -0.05) is 27.7 Å². The Balaban J connectivity index is 0.000000180. The van der Waals surface area contributed by atoms with Gasteiger partial charge in [-0.2, -0.15) is 10.2 Å². The predicted octanol–water partition coefficient (Wildman–Crippen LogP) is 3.81. The maximum absolute atomic E-state index is 3.93. The standard InChI is InChI=1S/C8H11N.C7H10N2/c1-7(2)8-3-5-9-6-4-8;1-6(2)7-4-3-5-8-9-7/h3-7H,1-2H3;3-6H,1-2H3. The molecule has 2 aromatic heterocycles. The van der Waals surface area contributed by atoms with Crippen molar-refractivity contribution in [2.75, 3.05) is 0 Å². The molecule has 0 fully saturated rings. The Morgan fingerprint density at radius 1 is 0.833 bits per heavy atom. The van der Waals surface area contributed by atoms with E-state index in [0.717, 1.165) is 5.69 Å². The van der Waals surface area contributed by atoms with E-state index in [1.165, 1.54) is 5.56 Å². The zero-order valence-corrected chi connectivity index (χ0v) is 11.5. The van der Waals surface area contributed by atoms with Crippen LogP contribution in [0.25, 0.3) is 0 Å². The highest BCUT2D eigenvalue weighted by atomic mass is 15.1. The van der Waals surface area contributed by atoms with Crippen LogP contribution in [0.5, 0.6) is 0 Å². The van der Waals surface area contributed by atoms with Crippen molar-refractivity contribution in [2.45, 2.75) is 39.5 Å². The summed E-state index contributed by atoms with van der Waals surface area (Å²) >= 11 is 0. The summed E-state index contributed by atoms with van der Waals surface area (Å²) in [5, 5.41) is 7.68. The van der Waals surface area contributed by atoms with E-state index in [1.54, 1.807) is 6.20 Å². The van der Waals surface area contributed by atoms with E-state index in [2.05, 4.69) is 42.9 Å². The summed E-state index contributed by atoms with van der Waals surface area (Å²) in [7, 11) is 0. The van der Waals surface area contributed by atoms with E-state index in [9.17, 15) is 0 Å². The first-order valence-corrected chi connectivity index (χ1v) is 6.28. The molecule has 18 heavy (non-hydrogen) atoms. The molecule has 96 valence electrons. The highest BCUT2D eigenvalue weighted by Gasteiger charge is 1.96. The first kappa shape index (κ1) is 14.3. The molecule has 0 aliphatic carbocycles. The molecule has 3 nitrogen and oxygen atoms in total. The van der Waals surface area contributed by atoms with Gasteiger partial charge in [0.05, 0.1) is 5.69 Å². The zero-order valence-electron chi connectivity index (χ0n) is 11.5. The molecule has 0 atom stereocenters. The van der Waals surface area contributed by atoms with Crippen LogP contribution in [0.3, 0.4) is 0 Å². The highest BCUT2D eigenvalue weighted by molar-refractivity contribution is 5.13. The van der Waals surface area contributed by atoms with Crippen LogP contribution in [-0.4, -0.2) is 15.2 Å². The van der Waals surface area contributed by atoms with Gasteiger partial charge >= 0.3 is 0 Å². The molecule has 0 amide bonds. The largest absolute Gasteiger partial charge is 0.265 e. The normalized spacial score (nSPS) is 10.1. The van der Waals surface area contributed by atoms with Gasteiger partial charge in [-0.25, -0.2) is 0 Å². The number of hydrogen-bond acceptors (Lipinski definition) is 3. The molecule has 2 rings (SSSR count). The maximum atomic E-state index is 3.93. The smallest absolute Gasteiger partial charge is 0.0656 e. The lowest BCUT2D eigenvalue weighted by Crippen LogP contribution is -1.92. The fourth-order valence-corrected chi connectivity index (χ4v) is 1.37. The minimum absolute atomic E-state index is 0.485. The molecule has 0 bridgehead atoms. The molecule has 0 unspecified atom stereocenters. The Bertz CT molecular complexity index is 381. The van der Waals surface area contributed by atoms with Gasteiger partial charge in [-0.05, 0) is 41.7 Å². The number of nitrogens with zero attached hydrogens (tertiary/aromatic N) is 3. The second-order valence-electron chi connectivity index (χ2n) is 4.74. The van der Waals surface area contributed by atoms with Gasteiger partial charge in [0.1, 0.15) is 0 Å². The van der Waals surface area contributed by atoms with Crippen molar-refractivity contribution in [1.29, 1.82) is 0 Å². The molecule has 0 saturated heterocycles. The first-order valence-electron chi connectivity index (χ1n) is 6.28. The lowest BCUT2D eigenvalue weighted by molar-refractivity contribution is 0.785. The maximum Gasteiger partial charge on any atom is 0.0656 e. The zero-order chi connectivity index (χ0) is 13.4. The molecule has 3 heteroatoms. The van der Waals surface area contributed by atoms with Crippen molar-refractivity contribution in [2.24, 2.45) is 0 Å². The van der Waals surface area contributed by atoms with Crippen LogP contribution in [0.1, 0.15) is 50.8 Å². The van der Waals surface area contributed by atoms with Gasteiger partial charge < -0.3 is 0 Å². The van der Waals surface area contributed by atoms with E-state index >= 15 is 0 Å². The number of pyridine rings is 1. The summed E-state index contributed by atoms with van der Waals surface area (Å²) in [6.45, 7) is 8.55.